The smallest absolute Gasteiger partial charge is 0.306 e. The van der Waals surface area contributed by atoms with Gasteiger partial charge in [0.2, 0.25) is 6.79 Å². The van der Waals surface area contributed by atoms with Crippen LogP contribution in [0, 0.1) is 5.82 Å². The number of hydrogen-bond acceptors (Lipinski definition) is 5. The molecule has 1 aliphatic rings. The van der Waals surface area contributed by atoms with Gasteiger partial charge in [-0.3, -0.25) is 9.59 Å². The minimum Gasteiger partial charge on any atom is -0.456 e. The first kappa shape index (κ1) is 16.8. The molecule has 7 heteroatoms. The van der Waals surface area contributed by atoms with E-state index < -0.39 is 11.9 Å². The fourth-order valence-corrected chi connectivity index (χ4v) is 2.29. The molecule has 0 radical (unpaired) electrons. The largest absolute Gasteiger partial charge is 0.456 e. The van der Waals surface area contributed by atoms with E-state index in [-0.39, 0.29) is 25.6 Å². The molecule has 1 aliphatic heterocycles. The summed E-state index contributed by atoms with van der Waals surface area (Å²) in [7, 11) is 0. The number of hydrogen-bond donors (Lipinski definition) is 1. The summed E-state index contributed by atoms with van der Waals surface area (Å²) in [6, 6.07) is 10.9. The molecule has 1 N–H and O–H groups in total. The van der Waals surface area contributed by atoms with Crippen LogP contribution in [0.1, 0.15) is 12.0 Å². The molecule has 2 aromatic rings. The Hall–Kier alpha value is -3.09. The van der Waals surface area contributed by atoms with Crippen molar-refractivity contribution >= 4 is 17.6 Å². The van der Waals surface area contributed by atoms with Crippen LogP contribution in [0.5, 0.6) is 11.5 Å². The molecule has 3 rings (SSSR count). The minimum atomic E-state index is -0.495. The highest BCUT2D eigenvalue weighted by Gasteiger charge is 2.14. The Morgan fingerprint density at radius 1 is 1.08 bits per heavy atom. The monoisotopic (exact) mass is 345 g/mol. The van der Waals surface area contributed by atoms with Crippen LogP contribution >= 0.6 is 0 Å². The zero-order chi connectivity index (χ0) is 17.6. The second-order valence-corrected chi connectivity index (χ2v) is 5.40. The first-order valence-corrected chi connectivity index (χ1v) is 7.70. The second kappa shape index (κ2) is 7.65. The Morgan fingerprint density at radius 2 is 1.84 bits per heavy atom. The third kappa shape index (κ3) is 4.69. The number of halogens is 1. The van der Waals surface area contributed by atoms with Crippen molar-refractivity contribution in [1.82, 2.24) is 0 Å². The van der Waals surface area contributed by atoms with E-state index in [0.717, 1.165) is 5.56 Å². The van der Waals surface area contributed by atoms with Crippen molar-refractivity contribution in [3.8, 4) is 11.5 Å². The lowest BCUT2D eigenvalue weighted by Gasteiger charge is -2.07. The summed E-state index contributed by atoms with van der Waals surface area (Å²) in [5.41, 5.74) is 1.35. The van der Waals surface area contributed by atoms with Crippen molar-refractivity contribution in [1.29, 1.82) is 0 Å². The van der Waals surface area contributed by atoms with Gasteiger partial charge in [0.1, 0.15) is 5.82 Å². The van der Waals surface area contributed by atoms with Crippen LogP contribution < -0.4 is 14.8 Å². The van der Waals surface area contributed by atoms with Gasteiger partial charge in [-0.2, -0.15) is 0 Å². The third-order valence-electron chi connectivity index (χ3n) is 3.55. The lowest BCUT2D eigenvalue weighted by atomic mass is 10.1. The molecular weight excluding hydrogens is 329 g/mol. The maximum absolute atomic E-state index is 12.8. The first-order chi connectivity index (χ1) is 12.1. The number of nitrogens with one attached hydrogen (secondary N) is 1. The van der Waals surface area contributed by atoms with Gasteiger partial charge in [0.25, 0.3) is 5.91 Å². The van der Waals surface area contributed by atoms with E-state index in [9.17, 15) is 14.0 Å². The zero-order valence-electron chi connectivity index (χ0n) is 13.3. The van der Waals surface area contributed by atoms with E-state index in [2.05, 4.69) is 5.32 Å². The van der Waals surface area contributed by atoms with Crippen LogP contribution in [0.25, 0.3) is 0 Å². The Kier molecular flexibility index (Phi) is 5.13. The van der Waals surface area contributed by atoms with Gasteiger partial charge in [-0.05, 0) is 36.2 Å². The average Bonchev–Trinajstić information content (AvgIpc) is 3.07. The van der Waals surface area contributed by atoms with Crippen molar-refractivity contribution in [2.24, 2.45) is 0 Å². The SMILES string of the molecule is O=C(COC(=O)CCc1ccc(F)cc1)Nc1ccc2c(c1)OCO2. The third-order valence-corrected chi connectivity index (χ3v) is 3.55. The average molecular weight is 345 g/mol. The van der Waals surface area contributed by atoms with Crippen LogP contribution in [-0.4, -0.2) is 25.3 Å². The summed E-state index contributed by atoms with van der Waals surface area (Å²) in [6.07, 6.45) is 0.534. The van der Waals surface area contributed by atoms with Gasteiger partial charge in [0.15, 0.2) is 18.1 Å². The Bertz CT molecular complexity index is 776. The predicted molar refractivity (Wildman–Crippen MR) is 86.9 cm³/mol. The Morgan fingerprint density at radius 3 is 2.64 bits per heavy atom. The van der Waals surface area contributed by atoms with Gasteiger partial charge in [-0.25, -0.2) is 4.39 Å². The van der Waals surface area contributed by atoms with E-state index in [1.807, 2.05) is 0 Å². The fourth-order valence-electron chi connectivity index (χ4n) is 2.29. The summed E-state index contributed by atoms with van der Waals surface area (Å²) < 4.78 is 28.1. The van der Waals surface area contributed by atoms with Crippen LogP contribution in [0.15, 0.2) is 42.5 Å². The van der Waals surface area contributed by atoms with Crippen LogP contribution in [-0.2, 0) is 20.7 Å². The second-order valence-electron chi connectivity index (χ2n) is 5.40. The normalized spacial score (nSPS) is 11.9. The number of esters is 1. The van der Waals surface area contributed by atoms with Crippen molar-refractivity contribution in [3.05, 3.63) is 53.8 Å². The fraction of sp³-hybridized carbons (Fsp3) is 0.222. The van der Waals surface area contributed by atoms with Crippen molar-refractivity contribution in [3.63, 3.8) is 0 Å². The predicted octanol–water partition coefficient (Wildman–Crippen LogP) is 2.67. The molecular formula is C18H16FNO5. The standard InChI is InChI=1S/C18H16FNO5/c19-13-4-1-12(2-5-13)3-8-18(22)23-10-17(21)20-14-6-7-15-16(9-14)25-11-24-15/h1-2,4-7,9H,3,8,10-11H2,(H,20,21). The minimum absolute atomic E-state index is 0.114. The summed E-state index contributed by atoms with van der Waals surface area (Å²) in [5.74, 6) is -0.106. The molecule has 0 aliphatic carbocycles. The number of carbonyl (C=O) groups excluding carboxylic acids is 2. The molecule has 0 unspecified atom stereocenters. The summed E-state index contributed by atoms with van der Waals surface area (Å²) in [6.45, 7) is -0.227. The molecule has 0 spiro atoms. The number of amides is 1. The molecule has 130 valence electrons. The Balaban J connectivity index is 1.41. The summed E-state index contributed by atoms with van der Waals surface area (Å²) in [4.78, 5) is 23.5. The molecule has 0 saturated carbocycles. The van der Waals surface area contributed by atoms with Gasteiger partial charge in [-0.15, -0.1) is 0 Å². The lowest BCUT2D eigenvalue weighted by molar-refractivity contribution is -0.147. The molecule has 0 saturated heterocycles. The van der Waals surface area contributed by atoms with E-state index in [1.165, 1.54) is 12.1 Å². The van der Waals surface area contributed by atoms with E-state index >= 15 is 0 Å². The summed E-state index contributed by atoms with van der Waals surface area (Å²) >= 11 is 0. The van der Waals surface area contributed by atoms with Gasteiger partial charge < -0.3 is 19.5 Å². The molecule has 0 bridgehead atoms. The number of fused-ring (bicyclic) bond motifs is 1. The van der Waals surface area contributed by atoms with Crippen LogP contribution in [0.2, 0.25) is 0 Å². The highest BCUT2D eigenvalue weighted by molar-refractivity contribution is 5.93. The highest BCUT2D eigenvalue weighted by Crippen LogP contribution is 2.34. The zero-order valence-corrected chi connectivity index (χ0v) is 13.3. The summed E-state index contributed by atoms with van der Waals surface area (Å²) in [5, 5.41) is 2.61. The maximum atomic E-state index is 12.8. The van der Waals surface area contributed by atoms with Crippen LogP contribution in [0.4, 0.5) is 10.1 Å². The van der Waals surface area contributed by atoms with Gasteiger partial charge >= 0.3 is 5.97 Å². The van der Waals surface area contributed by atoms with Crippen molar-refractivity contribution in [2.75, 3.05) is 18.7 Å². The van der Waals surface area contributed by atoms with Crippen LogP contribution in [0.3, 0.4) is 0 Å². The van der Waals surface area contributed by atoms with E-state index in [4.69, 9.17) is 14.2 Å². The maximum Gasteiger partial charge on any atom is 0.306 e. The molecule has 0 aromatic heterocycles. The van der Waals surface area contributed by atoms with Crippen molar-refractivity contribution < 1.29 is 28.2 Å². The topological polar surface area (TPSA) is 73.9 Å². The van der Waals surface area contributed by atoms with Gasteiger partial charge in [0, 0.05) is 18.2 Å². The van der Waals surface area contributed by atoms with Gasteiger partial charge in [0.05, 0.1) is 0 Å². The molecule has 6 nitrogen and oxygen atoms in total. The molecule has 1 heterocycles. The first-order valence-electron chi connectivity index (χ1n) is 7.70. The lowest BCUT2D eigenvalue weighted by Crippen LogP contribution is -2.21. The number of aryl methyl sites for hydroxylation is 1. The number of benzene rings is 2. The van der Waals surface area contributed by atoms with E-state index in [1.54, 1.807) is 30.3 Å². The molecule has 2 aromatic carbocycles. The van der Waals surface area contributed by atoms with Crippen molar-refractivity contribution in [2.45, 2.75) is 12.8 Å². The Labute approximate surface area is 143 Å². The molecule has 1 amide bonds. The molecule has 0 atom stereocenters. The molecule has 0 fully saturated rings. The molecule has 25 heavy (non-hydrogen) atoms. The number of carbonyl (C=O) groups is 2. The van der Waals surface area contributed by atoms with E-state index in [0.29, 0.717) is 23.6 Å². The quantitative estimate of drug-likeness (QED) is 0.815. The number of rotatable bonds is 6. The number of ether oxygens (including phenoxy) is 3. The van der Waals surface area contributed by atoms with Gasteiger partial charge in [-0.1, -0.05) is 12.1 Å². The number of anilines is 1. The highest BCUT2D eigenvalue weighted by atomic mass is 19.1.